The van der Waals surface area contributed by atoms with Gasteiger partial charge in [0.15, 0.2) is 5.82 Å². The van der Waals surface area contributed by atoms with E-state index in [0.29, 0.717) is 11.6 Å². The Morgan fingerprint density at radius 3 is 2.69 bits per heavy atom. The van der Waals surface area contributed by atoms with E-state index in [1.54, 1.807) is 27.5 Å². The highest BCUT2D eigenvalue weighted by Gasteiger charge is 2.31. The number of carbonyl (C=O) groups excluding carboxylic acids is 1. The molecule has 3 aromatic rings. The van der Waals surface area contributed by atoms with Crippen molar-refractivity contribution in [1.82, 2.24) is 15.6 Å². The van der Waals surface area contributed by atoms with Gasteiger partial charge in [-0.25, -0.2) is 0 Å². The molecule has 2 atom stereocenters. The number of fused-ring (bicyclic) bond motifs is 1. The molecule has 0 spiro atoms. The summed E-state index contributed by atoms with van der Waals surface area (Å²) in [6.07, 6.45) is 1.17. The molecule has 0 saturated heterocycles. The number of hydrogen-bond acceptors (Lipinski definition) is 7. The molecular weight excluding hydrogens is 372 g/mol. The predicted molar refractivity (Wildman–Crippen MR) is 110 cm³/mol. The van der Waals surface area contributed by atoms with Gasteiger partial charge in [0.2, 0.25) is 5.91 Å². The Hall–Kier alpha value is -3.23. The Kier molecular flexibility index (Phi) is 6.94. The van der Waals surface area contributed by atoms with Gasteiger partial charge in [0, 0.05) is 25.0 Å². The van der Waals surface area contributed by atoms with Crippen molar-refractivity contribution in [2.45, 2.75) is 12.0 Å². The molecule has 0 aliphatic rings. The van der Waals surface area contributed by atoms with Gasteiger partial charge in [-0.2, -0.15) is 5.10 Å². The largest absolute Gasteiger partial charge is 0.497 e. The van der Waals surface area contributed by atoms with E-state index in [0.717, 1.165) is 16.3 Å². The van der Waals surface area contributed by atoms with Crippen molar-refractivity contribution in [3.8, 4) is 5.75 Å². The Morgan fingerprint density at radius 1 is 1.10 bits per heavy atom. The van der Waals surface area contributed by atoms with E-state index in [-0.39, 0.29) is 12.5 Å². The van der Waals surface area contributed by atoms with Crippen LogP contribution in [0.25, 0.3) is 10.8 Å². The first-order chi connectivity index (χ1) is 14.2. The molecule has 2 N–H and O–H groups in total. The average Bonchev–Trinajstić information content (AvgIpc) is 2.77. The second-order valence-corrected chi connectivity index (χ2v) is 6.38. The van der Waals surface area contributed by atoms with Crippen LogP contribution < -0.4 is 15.6 Å². The normalized spacial score (nSPS) is 12.9. The number of benzene rings is 2. The van der Waals surface area contributed by atoms with Crippen molar-refractivity contribution >= 4 is 22.5 Å². The number of ether oxygens (including phenoxy) is 3. The summed E-state index contributed by atoms with van der Waals surface area (Å²) in [5.41, 5.74) is 6.37. The summed E-state index contributed by atoms with van der Waals surface area (Å²) in [6.45, 7) is 0.250. The van der Waals surface area contributed by atoms with Gasteiger partial charge in [-0.15, -0.1) is 5.10 Å². The monoisotopic (exact) mass is 396 g/mol. The Morgan fingerprint density at radius 2 is 1.93 bits per heavy atom. The molecule has 8 nitrogen and oxygen atoms in total. The molecule has 1 heterocycles. The van der Waals surface area contributed by atoms with Crippen LogP contribution in [0.3, 0.4) is 0 Å². The van der Waals surface area contributed by atoms with E-state index in [9.17, 15) is 4.79 Å². The van der Waals surface area contributed by atoms with Crippen LogP contribution >= 0.6 is 0 Å². The van der Waals surface area contributed by atoms with Gasteiger partial charge in [-0.05, 0) is 17.7 Å². The highest BCUT2D eigenvalue weighted by molar-refractivity contribution is 5.92. The minimum absolute atomic E-state index is 0.250. The summed E-state index contributed by atoms with van der Waals surface area (Å²) < 4.78 is 16.1. The van der Waals surface area contributed by atoms with Crippen molar-refractivity contribution in [2.75, 3.05) is 33.4 Å². The molecule has 1 amide bonds. The topological polar surface area (TPSA) is 94.6 Å². The number of carbonyl (C=O) groups is 1. The molecule has 0 aliphatic heterocycles. The Balaban J connectivity index is 1.85. The fourth-order valence-corrected chi connectivity index (χ4v) is 3.15. The summed E-state index contributed by atoms with van der Waals surface area (Å²) in [5, 5.41) is 9.82. The maximum atomic E-state index is 13.1. The van der Waals surface area contributed by atoms with Crippen LogP contribution in [0.1, 0.15) is 11.5 Å². The number of hydrazine groups is 1. The molecule has 29 heavy (non-hydrogen) atoms. The van der Waals surface area contributed by atoms with E-state index < -0.39 is 12.0 Å². The smallest absolute Gasteiger partial charge is 0.248 e. The molecule has 0 radical (unpaired) electrons. The maximum Gasteiger partial charge on any atom is 0.248 e. The third-order valence-electron chi connectivity index (χ3n) is 4.62. The molecule has 0 bridgehead atoms. The standard InChI is InChI=1S/C21H24N4O4/c1-27-13-18(29-3)19(14-8-6-9-16(11-14)28-2)21(26)25-24-20-17-10-5-4-7-15(17)12-22-23-20/h4-12,18-19H,13H2,1-3H3,(H,23,24)(H,25,26). The van der Waals surface area contributed by atoms with Gasteiger partial charge in [-0.1, -0.05) is 36.4 Å². The Labute approximate surface area is 169 Å². The van der Waals surface area contributed by atoms with Crippen LogP contribution in [-0.2, 0) is 14.3 Å². The molecular formula is C21H24N4O4. The number of amides is 1. The van der Waals surface area contributed by atoms with Gasteiger partial charge >= 0.3 is 0 Å². The lowest BCUT2D eigenvalue weighted by Crippen LogP contribution is -2.41. The summed E-state index contributed by atoms with van der Waals surface area (Å²) in [7, 11) is 4.70. The van der Waals surface area contributed by atoms with Gasteiger partial charge in [0.1, 0.15) is 5.75 Å². The fraction of sp³-hybridized carbons (Fsp3) is 0.286. The summed E-state index contributed by atoms with van der Waals surface area (Å²) in [6, 6.07) is 15.0. The zero-order valence-corrected chi connectivity index (χ0v) is 16.6. The maximum absolute atomic E-state index is 13.1. The van der Waals surface area contributed by atoms with E-state index in [1.807, 2.05) is 48.5 Å². The quantitative estimate of drug-likeness (QED) is 0.537. The van der Waals surface area contributed by atoms with Gasteiger partial charge in [0.25, 0.3) is 0 Å². The van der Waals surface area contributed by atoms with Crippen molar-refractivity contribution in [2.24, 2.45) is 0 Å². The number of rotatable bonds is 9. The lowest BCUT2D eigenvalue weighted by molar-refractivity contribution is -0.126. The average molecular weight is 396 g/mol. The first-order valence-electron chi connectivity index (χ1n) is 9.10. The number of nitrogens with zero attached hydrogens (tertiary/aromatic N) is 2. The SMILES string of the molecule is COCC(OC)C(C(=O)NNc1nncc2ccccc12)c1cccc(OC)c1. The minimum Gasteiger partial charge on any atom is -0.497 e. The van der Waals surface area contributed by atoms with E-state index in [4.69, 9.17) is 14.2 Å². The second kappa shape index (κ2) is 9.81. The third-order valence-corrected chi connectivity index (χ3v) is 4.62. The molecule has 2 unspecified atom stereocenters. The predicted octanol–water partition coefficient (Wildman–Crippen LogP) is 2.53. The molecule has 0 saturated carbocycles. The van der Waals surface area contributed by atoms with Crippen molar-refractivity contribution in [1.29, 1.82) is 0 Å². The van der Waals surface area contributed by atoms with E-state index >= 15 is 0 Å². The number of anilines is 1. The van der Waals surface area contributed by atoms with Gasteiger partial charge in [-0.3, -0.25) is 15.6 Å². The Bertz CT molecular complexity index is 961. The van der Waals surface area contributed by atoms with Crippen LogP contribution in [0.4, 0.5) is 5.82 Å². The fourth-order valence-electron chi connectivity index (χ4n) is 3.15. The molecule has 0 fully saturated rings. The summed E-state index contributed by atoms with van der Waals surface area (Å²) in [5.74, 6) is 0.185. The van der Waals surface area contributed by atoms with E-state index in [2.05, 4.69) is 21.0 Å². The zero-order chi connectivity index (χ0) is 20.6. The van der Waals surface area contributed by atoms with Crippen LogP contribution in [0.5, 0.6) is 5.75 Å². The van der Waals surface area contributed by atoms with Crippen LogP contribution in [0.15, 0.2) is 54.7 Å². The third kappa shape index (κ3) is 4.79. The molecule has 8 heteroatoms. The molecule has 152 valence electrons. The highest BCUT2D eigenvalue weighted by atomic mass is 16.5. The van der Waals surface area contributed by atoms with Crippen molar-refractivity contribution in [3.05, 3.63) is 60.3 Å². The lowest BCUT2D eigenvalue weighted by Gasteiger charge is -2.25. The second-order valence-electron chi connectivity index (χ2n) is 6.38. The molecule has 2 aromatic carbocycles. The van der Waals surface area contributed by atoms with Crippen molar-refractivity contribution < 1.29 is 19.0 Å². The highest BCUT2D eigenvalue weighted by Crippen LogP contribution is 2.26. The number of hydrogen-bond donors (Lipinski definition) is 2. The number of methoxy groups -OCH3 is 3. The zero-order valence-electron chi connectivity index (χ0n) is 16.6. The first-order valence-corrected chi connectivity index (χ1v) is 9.10. The van der Waals surface area contributed by atoms with E-state index in [1.165, 1.54) is 0 Å². The first kappa shape index (κ1) is 20.5. The summed E-state index contributed by atoms with van der Waals surface area (Å²) in [4.78, 5) is 13.1. The summed E-state index contributed by atoms with van der Waals surface area (Å²) >= 11 is 0. The molecule has 1 aromatic heterocycles. The van der Waals surface area contributed by atoms with Gasteiger partial charge < -0.3 is 14.2 Å². The molecule has 0 aliphatic carbocycles. The minimum atomic E-state index is -0.634. The lowest BCUT2D eigenvalue weighted by atomic mass is 9.92. The molecule has 3 rings (SSSR count). The van der Waals surface area contributed by atoms with Crippen molar-refractivity contribution in [3.63, 3.8) is 0 Å². The number of aromatic nitrogens is 2. The van der Waals surface area contributed by atoms with Gasteiger partial charge in [0.05, 0.1) is 31.9 Å². The number of nitrogens with one attached hydrogen (secondary N) is 2. The van der Waals surface area contributed by atoms with Crippen LogP contribution in [0.2, 0.25) is 0 Å². The van der Waals surface area contributed by atoms with Crippen LogP contribution in [-0.4, -0.2) is 50.1 Å². The van der Waals surface area contributed by atoms with Crippen LogP contribution in [0, 0.1) is 0 Å².